The molecule has 0 aliphatic carbocycles. The molecule has 0 fully saturated rings. The van der Waals surface area contributed by atoms with E-state index in [1.807, 2.05) is 6.92 Å². The average Bonchev–Trinajstić information content (AvgIpc) is 2.83. The van der Waals surface area contributed by atoms with Crippen molar-refractivity contribution in [3.05, 3.63) is 6.33 Å². The summed E-state index contributed by atoms with van der Waals surface area (Å²) in [6.45, 7) is 3.79. The lowest BCUT2D eigenvalue weighted by Crippen LogP contribution is -2.44. The number of tetrazole rings is 1. The molecule has 1 atom stereocenters. The molecule has 100 valence electrons. The first-order valence-electron chi connectivity index (χ1n) is 5.73. The van der Waals surface area contributed by atoms with Crippen molar-refractivity contribution in [1.82, 2.24) is 25.1 Å². The minimum atomic E-state index is -0.582. The van der Waals surface area contributed by atoms with Crippen LogP contribution in [0.5, 0.6) is 0 Å². The second kappa shape index (κ2) is 6.67. The van der Waals surface area contributed by atoms with Crippen molar-refractivity contribution in [3.8, 4) is 0 Å². The zero-order chi connectivity index (χ0) is 13.5. The molecule has 8 heteroatoms. The van der Waals surface area contributed by atoms with E-state index in [0.29, 0.717) is 13.0 Å². The molecule has 0 radical (unpaired) electrons. The van der Waals surface area contributed by atoms with Crippen molar-refractivity contribution in [1.29, 1.82) is 0 Å². The number of esters is 1. The van der Waals surface area contributed by atoms with Gasteiger partial charge < -0.3 is 9.64 Å². The smallest absolute Gasteiger partial charge is 0.328 e. The predicted octanol–water partition coefficient (Wildman–Crippen LogP) is -0.527. The number of aromatic nitrogens is 4. The van der Waals surface area contributed by atoms with E-state index in [4.69, 9.17) is 4.74 Å². The number of carbonyl (C=O) groups is 2. The Morgan fingerprint density at radius 1 is 1.44 bits per heavy atom. The van der Waals surface area contributed by atoms with Crippen LogP contribution in [0.2, 0.25) is 0 Å². The molecule has 0 saturated heterocycles. The number of ether oxygens (including phenoxy) is 1. The molecule has 1 rings (SSSR count). The van der Waals surface area contributed by atoms with Crippen molar-refractivity contribution < 1.29 is 14.3 Å². The maximum atomic E-state index is 11.9. The van der Waals surface area contributed by atoms with Crippen molar-refractivity contribution in [2.45, 2.75) is 32.9 Å². The monoisotopic (exact) mass is 255 g/mol. The Bertz CT molecular complexity index is 392. The van der Waals surface area contributed by atoms with Gasteiger partial charge in [0.05, 0.1) is 6.61 Å². The highest BCUT2D eigenvalue weighted by atomic mass is 16.5. The average molecular weight is 255 g/mol. The van der Waals surface area contributed by atoms with Crippen LogP contribution < -0.4 is 0 Å². The molecule has 1 aromatic heterocycles. The number of rotatable bonds is 6. The summed E-state index contributed by atoms with van der Waals surface area (Å²) in [5.41, 5.74) is 0. The molecule has 0 aliphatic rings. The number of nitrogens with zero attached hydrogens (tertiary/aromatic N) is 5. The lowest BCUT2D eigenvalue weighted by atomic mass is 10.2. The third-order valence-electron chi connectivity index (χ3n) is 2.47. The Balaban J connectivity index is 2.62. The number of hydrogen-bond acceptors (Lipinski definition) is 6. The molecular weight excluding hydrogens is 238 g/mol. The molecule has 0 aromatic carbocycles. The van der Waals surface area contributed by atoms with E-state index < -0.39 is 12.0 Å². The standard InChI is InChI=1S/C10H17N5O3/c1-4-8(10(17)18-5-2)14(3)9(16)6-15-12-7-11-13-15/h7-8H,4-6H2,1-3H3/t8-/m0/s1. The summed E-state index contributed by atoms with van der Waals surface area (Å²) < 4.78 is 4.92. The molecule has 0 unspecified atom stereocenters. The molecule has 18 heavy (non-hydrogen) atoms. The Kier molecular flexibility index (Phi) is 5.22. The second-order valence-electron chi connectivity index (χ2n) is 3.65. The number of carbonyl (C=O) groups excluding carboxylic acids is 2. The summed E-state index contributed by atoms with van der Waals surface area (Å²) in [5, 5.41) is 10.8. The van der Waals surface area contributed by atoms with Gasteiger partial charge in [-0.05, 0) is 18.6 Å². The van der Waals surface area contributed by atoms with E-state index >= 15 is 0 Å². The van der Waals surface area contributed by atoms with Gasteiger partial charge in [0.2, 0.25) is 5.91 Å². The van der Waals surface area contributed by atoms with Gasteiger partial charge in [-0.3, -0.25) is 4.79 Å². The predicted molar refractivity (Wildman–Crippen MR) is 61.3 cm³/mol. The SMILES string of the molecule is CCOC(=O)[C@H](CC)N(C)C(=O)Cn1ncnn1. The molecule has 0 aliphatic heterocycles. The Morgan fingerprint density at radius 2 is 2.17 bits per heavy atom. The van der Waals surface area contributed by atoms with Crippen LogP contribution in [-0.2, 0) is 20.9 Å². The van der Waals surface area contributed by atoms with E-state index in [0.717, 1.165) is 4.80 Å². The first-order valence-corrected chi connectivity index (χ1v) is 5.73. The molecule has 0 saturated carbocycles. The van der Waals surface area contributed by atoms with Crippen molar-refractivity contribution in [3.63, 3.8) is 0 Å². The minimum Gasteiger partial charge on any atom is -0.464 e. The fraction of sp³-hybridized carbons (Fsp3) is 0.700. The van der Waals surface area contributed by atoms with Gasteiger partial charge in [-0.25, -0.2) is 4.79 Å². The highest BCUT2D eigenvalue weighted by molar-refractivity contribution is 5.84. The van der Waals surface area contributed by atoms with Crippen molar-refractivity contribution in [2.24, 2.45) is 0 Å². The normalized spacial score (nSPS) is 11.9. The summed E-state index contributed by atoms with van der Waals surface area (Å²) in [4.78, 5) is 26.1. The Hall–Kier alpha value is -1.99. The van der Waals surface area contributed by atoms with Crippen LogP contribution >= 0.6 is 0 Å². The number of hydrogen-bond donors (Lipinski definition) is 0. The summed E-state index contributed by atoms with van der Waals surface area (Å²) in [5.74, 6) is -0.671. The van der Waals surface area contributed by atoms with E-state index in [1.54, 1.807) is 14.0 Å². The van der Waals surface area contributed by atoms with Gasteiger partial charge in [-0.15, -0.1) is 10.2 Å². The van der Waals surface area contributed by atoms with Gasteiger partial charge in [0.15, 0.2) is 6.33 Å². The van der Waals surface area contributed by atoms with Crippen molar-refractivity contribution in [2.75, 3.05) is 13.7 Å². The van der Waals surface area contributed by atoms with Crippen LogP contribution in [0, 0.1) is 0 Å². The van der Waals surface area contributed by atoms with E-state index in [1.165, 1.54) is 11.2 Å². The maximum Gasteiger partial charge on any atom is 0.328 e. The first-order chi connectivity index (χ1) is 8.60. The van der Waals surface area contributed by atoms with Crippen LogP contribution in [0.4, 0.5) is 0 Å². The van der Waals surface area contributed by atoms with Crippen LogP contribution in [0.1, 0.15) is 20.3 Å². The number of likely N-dealkylation sites (N-methyl/N-ethyl adjacent to an activating group) is 1. The number of amides is 1. The highest BCUT2D eigenvalue weighted by Gasteiger charge is 2.26. The Morgan fingerprint density at radius 3 is 2.67 bits per heavy atom. The molecular formula is C10H17N5O3. The molecule has 1 amide bonds. The fourth-order valence-electron chi connectivity index (χ4n) is 1.50. The lowest BCUT2D eigenvalue weighted by Gasteiger charge is -2.25. The van der Waals surface area contributed by atoms with Crippen LogP contribution in [0.15, 0.2) is 6.33 Å². The summed E-state index contributed by atoms with van der Waals surface area (Å²) >= 11 is 0. The fourth-order valence-corrected chi connectivity index (χ4v) is 1.50. The van der Waals surface area contributed by atoms with Crippen LogP contribution in [0.25, 0.3) is 0 Å². The van der Waals surface area contributed by atoms with E-state index in [9.17, 15) is 9.59 Å². The van der Waals surface area contributed by atoms with Crippen LogP contribution in [-0.4, -0.2) is 56.7 Å². The third-order valence-corrected chi connectivity index (χ3v) is 2.47. The first kappa shape index (κ1) is 14.1. The Labute approximate surface area is 105 Å². The molecule has 1 aromatic rings. The summed E-state index contributed by atoms with van der Waals surface area (Å²) in [6, 6.07) is -0.582. The molecule has 8 nitrogen and oxygen atoms in total. The van der Waals surface area contributed by atoms with Gasteiger partial charge in [0.1, 0.15) is 12.6 Å². The van der Waals surface area contributed by atoms with Crippen LogP contribution in [0.3, 0.4) is 0 Å². The topological polar surface area (TPSA) is 90.2 Å². The third kappa shape index (κ3) is 3.51. The molecule has 1 heterocycles. The largest absolute Gasteiger partial charge is 0.464 e. The van der Waals surface area contributed by atoms with Gasteiger partial charge in [-0.1, -0.05) is 6.92 Å². The molecule has 0 N–H and O–H groups in total. The summed E-state index contributed by atoms with van der Waals surface area (Å²) in [7, 11) is 1.56. The minimum absolute atomic E-state index is 0.0492. The molecule has 0 bridgehead atoms. The van der Waals surface area contributed by atoms with Gasteiger partial charge in [-0.2, -0.15) is 4.80 Å². The van der Waals surface area contributed by atoms with Gasteiger partial charge >= 0.3 is 5.97 Å². The highest BCUT2D eigenvalue weighted by Crippen LogP contribution is 2.05. The van der Waals surface area contributed by atoms with E-state index in [2.05, 4.69) is 15.4 Å². The summed E-state index contributed by atoms with van der Waals surface area (Å²) in [6.07, 6.45) is 1.74. The van der Waals surface area contributed by atoms with E-state index in [-0.39, 0.29) is 12.5 Å². The molecule has 0 spiro atoms. The van der Waals surface area contributed by atoms with Gasteiger partial charge in [0, 0.05) is 7.05 Å². The zero-order valence-electron chi connectivity index (χ0n) is 10.7. The van der Waals surface area contributed by atoms with Crippen molar-refractivity contribution >= 4 is 11.9 Å². The zero-order valence-corrected chi connectivity index (χ0v) is 10.7. The second-order valence-corrected chi connectivity index (χ2v) is 3.65. The maximum absolute atomic E-state index is 11.9. The quantitative estimate of drug-likeness (QED) is 0.635. The van der Waals surface area contributed by atoms with Gasteiger partial charge in [0.25, 0.3) is 0 Å². The lowest BCUT2D eigenvalue weighted by molar-refractivity contribution is -0.154.